The third-order valence-electron chi connectivity index (χ3n) is 3.10. The number of rotatable bonds is 6. The summed E-state index contributed by atoms with van der Waals surface area (Å²) in [4.78, 5) is 8.44. The number of nitrogen functional groups attached to an aromatic ring is 1. The van der Waals surface area contributed by atoms with Crippen molar-refractivity contribution in [2.75, 3.05) is 24.2 Å². The van der Waals surface area contributed by atoms with E-state index in [1.54, 1.807) is 0 Å². The summed E-state index contributed by atoms with van der Waals surface area (Å²) >= 11 is 0. The molecule has 0 spiro atoms. The average molecular weight is 260 g/mol. The van der Waals surface area contributed by atoms with Gasteiger partial charge in [-0.05, 0) is 30.9 Å². The van der Waals surface area contributed by atoms with Crippen LogP contribution in [0.3, 0.4) is 0 Å². The molecule has 0 saturated heterocycles. The Labute approximate surface area is 112 Å². The zero-order valence-electron chi connectivity index (χ0n) is 11.1. The highest BCUT2D eigenvalue weighted by Gasteiger charge is 2.05. The Kier molecular flexibility index (Phi) is 4.52. The first-order valence-electron chi connectivity index (χ1n) is 6.57. The van der Waals surface area contributed by atoms with Gasteiger partial charge in [-0.1, -0.05) is 19.1 Å². The predicted octanol–water partition coefficient (Wildman–Crippen LogP) is 2.03. The highest BCUT2D eigenvalue weighted by Crippen LogP contribution is 2.20. The SMILES string of the molecule is CC(CO)CCCNc1nc(N)nc2ccccc12. The first kappa shape index (κ1) is 13.5. The first-order chi connectivity index (χ1) is 9.20. The van der Waals surface area contributed by atoms with Crippen LogP contribution in [0.2, 0.25) is 0 Å². The van der Waals surface area contributed by atoms with Crippen LogP contribution in [0.4, 0.5) is 11.8 Å². The van der Waals surface area contributed by atoms with Gasteiger partial charge in [0, 0.05) is 18.5 Å². The van der Waals surface area contributed by atoms with Gasteiger partial charge in [0.25, 0.3) is 0 Å². The molecule has 1 unspecified atom stereocenters. The summed E-state index contributed by atoms with van der Waals surface area (Å²) in [5.41, 5.74) is 6.55. The zero-order valence-corrected chi connectivity index (χ0v) is 11.1. The number of aromatic nitrogens is 2. The van der Waals surface area contributed by atoms with Crippen LogP contribution in [-0.4, -0.2) is 28.2 Å². The molecule has 0 aliphatic carbocycles. The largest absolute Gasteiger partial charge is 0.396 e. The van der Waals surface area contributed by atoms with Gasteiger partial charge in [-0.2, -0.15) is 4.98 Å². The Morgan fingerprint density at radius 1 is 1.32 bits per heavy atom. The average Bonchev–Trinajstić information content (AvgIpc) is 2.42. The van der Waals surface area contributed by atoms with Gasteiger partial charge in [0.1, 0.15) is 5.82 Å². The van der Waals surface area contributed by atoms with E-state index in [-0.39, 0.29) is 12.6 Å². The number of hydrogen-bond donors (Lipinski definition) is 3. The molecular weight excluding hydrogens is 240 g/mol. The molecule has 2 aromatic rings. The second-order valence-electron chi connectivity index (χ2n) is 4.80. The maximum atomic E-state index is 8.97. The topological polar surface area (TPSA) is 84.1 Å². The van der Waals surface area contributed by atoms with E-state index in [0.717, 1.165) is 36.1 Å². The Balaban J connectivity index is 2.04. The van der Waals surface area contributed by atoms with E-state index in [4.69, 9.17) is 10.8 Å². The van der Waals surface area contributed by atoms with Crippen molar-refractivity contribution in [3.05, 3.63) is 24.3 Å². The van der Waals surface area contributed by atoms with Gasteiger partial charge in [0.15, 0.2) is 0 Å². The van der Waals surface area contributed by atoms with Crippen LogP contribution in [0, 0.1) is 5.92 Å². The van der Waals surface area contributed by atoms with Gasteiger partial charge in [0.05, 0.1) is 5.52 Å². The Morgan fingerprint density at radius 3 is 2.89 bits per heavy atom. The van der Waals surface area contributed by atoms with Crippen LogP contribution >= 0.6 is 0 Å². The van der Waals surface area contributed by atoms with Gasteiger partial charge in [-0.3, -0.25) is 0 Å². The van der Waals surface area contributed by atoms with E-state index in [9.17, 15) is 0 Å². The summed E-state index contributed by atoms with van der Waals surface area (Å²) in [6.07, 6.45) is 1.97. The maximum absolute atomic E-state index is 8.97. The number of para-hydroxylation sites is 1. The van der Waals surface area contributed by atoms with Gasteiger partial charge >= 0.3 is 0 Å². The van der Waals surface area contributed by atoms with E-state index in [1.807, 2.05) is 31.2 Å². The number of fused-ring (bicyclic) bond motifs is 1. The van der Waals surface area contributed by atoms with Crippen molar-refractivity contribution in [1.82, 2.24) is 9.97 Å². The van der Waals surface area contributed by atoms with Crippen LogP contribution in [0.15, 0.2) is 24.3 Å². The smallest absolute Gasteiger partial charge is 0.222 e. The highest BCUT2D eigenvalue weighted by atomic mass is 16.3. The van der Waals surface area contributed by atoms with Gasteiger partial charge in [-0.25, -0.2) is 4.98 Å². The van der Waals surface area contributed by atoms with Crippen molar-refractivity contribution in [1.29, 1.82) is 0 Å². The van der Waals surface area contributed by atoms with Crippen LogP contribution < -0.4 is 11.1 Å². The molecule has 102 valence electrons. The minimum absolute atomic E-state index is 0.239. The molecule has 0 amide bonds. The lowest BCUT2D eigenvalue weighted by Crippen LogP contribution is -2.09. The van der Waals surface area contributed by atoms with Gasteiger partial charge in [0.2, 0.25) is 5.95 Å². The van der Waals surface area contributed by atoms with E-state index in [0.29, 0.717) is 5.92 Å². The molecule has 5 heteroatoms. The Bertz CT molecular complexity index is 544. The summed E-state index contributed by atoms with van der Waals surface area (Å²) in [5.74, 6) is 1.40. The third-order valence-corrected chi connectivity index (χ3v) is 3.10. The van der Waals surface area contributed by atoms with E-state index < -0.39 is 0 Å². The standard InChI is InChI=1S/C14H20N4O/c1-10(9-19)5-4-8-16-13-11-6-2-3-7-12(11)17-14(15)18-13/h2-3,6-7,10,19H,4-5,8-9H2,1H3,(H3,15,16,17,18). The minimum atomic E-state index is 0.239. The molecule has 1 aromatic heterocycles. The molecule has 19 heavy (non-hydrogen) atoms. The first-order valence-corrected chi connectivity index (χ1v) is 6.57. The van der Waals surface area contributed by atoms with Crippen molar-refractivity contribution >= 4 is 22.7 Å². The molecule has 4 N–H and O–H groups in total. The number of nitrogens with two attached hydrogens (primary N) is 1. The fraction of sp³-hybridized carbons (Fsp3) is 0.429. The summed E-state index contributed by atoms with van der Waals surface area (Å²) in [7, 11) is 0. The summed E-state index contributed by atoms with van der Waals surface area (Å²) in [6.45, 7) is 3.09. The lowest BCUT2D eigenvalue weighted by Gasteiger charge is -2.11. The highest BCUT2D eigenvalue weighted by molar-refractivity contribution is 5.89. The maximum Gasteiger partial charge on any atom is 0.222 e. The number of aliphatic hydroxyl groups excluding tert-OH is 1. The number of benzene rings is 1. The van der Waals surface area contributed by atoms with Crippen LogP contribution in [-0.2, 0) is 0 Å². The second kappa shape index (κ2) is 6.33. The molecule has 0 radical (unpaired) electrons. The molecule has 5 nitrogen and oxygen atoms in total. The van der Waals surface area contributed by atoms with Crippen LogP contribution in [0.25, 0.3) is 10.9 Å². The normalized spacial score (nSPS) is 12.5. The Hall–Kier alpha value is -1.88. The Morgan fingerprint density at radius 2 is 2.11 bits per heavy atom. The predicted molar refractivity (Wildman–Crippen MR) is 77.9 cm³/mol. The second-order valence-corrected chi connectivity index (χ2v) is 4.80. The van der Waals surface area contributed by atoms with E-state index in [1.165, 1.54) is 0 Å². The molecule has 0 fully saturated rings. The lowest BCUT2D eigenvalue weighted by atomic mass is 10.1. The molecule has 1 heterocycles. The van der Waals surface area contributed by atoms with E-state index in [2.05, 4.69) is 15.3 Å². The van der Waals surface area contributed by atoms with Crippen molar-refractivity contribution in [3.63, 3.8) is 0 Å². The zero-order chi connectivity index (χ0) is 13.7. The fourth-order valence-electron chi connectivity index (χ4n) is 1.98. The molecule has 0 aliphatic heterocycles. The van der Waals surface area contributed by atoms with Crippen LogP contribution in [0.5, 0.6) is 0 Å². The van der Waals surface area contributed by atoms with Crippen LogP contribution in [0.1, 0.15) is 19.8 Å². The van der Waals surface area contributed by atoms with Gasteiger partial charge in [-0.15, -0.1) is 0 Å². The summed E-state index contributed by atoms with van der Waals surface area (Å²) in [5, 5.41) is 13.2. The monoisotopic (exact) mass is 260 g/mol. The number of anilines is 2. The van der Waals surface area contributed by atoms with Crippen molar-refractivity contribution in [3.8, 4) is 0 Å². The molecule has 1 aromatic carbocycles. The summed E-state index contributed by atoms with van der Waals surface area (Å²) in [6, 6.07) is 7.79. The molecule has 1 atom stereocenters. The third kappa shape index (κ3) is 3.54. The van der Waals surface area contributed by atoms with Gasteiger partial charge < -0.3 is 16.2 Å². The van der Waals surface area contributed by atoms with E-state index >= 15 is 0 Å². The number of nitrogens with zero attached hydrogens (tertiary/aromatic N) is 2. The lowest BCUT2D eigenvalue weighted by molar-refractivity contribution is 0.229. The molecule has 2 rings (SSSR count). The van der Waals surface area contributed by atoms with Crippen molar-refractivity contribution in [2.24, 2.45) is 5.92 Å². The molecule has 0 bridgehead atoms. The molecular formula is C14H20N4O. The van der Waals surface area contributed by atoms with Crippen molar-refractivity contribution < 1.29 is 5.11 Å². The summed E-state index contributed by atoms with van der Waals surface area (Å²) < 4.78 is 0. The number of hydrogen-bond acceptors (Lipinski definition) is 5. The number of aliphatic hydroxyl groups is 1. The molecule has 0 aliphatic rings. The molecule has 0 saturated carbocycles. The fourth-order valence-corrected chi connectivity index (χ4v) is 1.98. The minimum Gasteiger partial charge on any atom is -0.396 e. The quantitative estimate of drug-likeness (QED) is 0.692. The number of nitrogens with one attached hydrogen (secondary N) is 1. The van der Waals surface area contributed by atoms with Crippen molar-refractivity contribution in [2.45, 2.75) is 19.8 Å².